The maximum atomic E-state index is 10.5. The molecule has 0 unspecified atom stereocenters. The van der Waals surface area contributed by atoms with E-state index in [4.69, 9.17) is 10.5 Å². The zero-order valence-electron chi connectivity index (χ0n) is 6.91. The molecule has 0 heterocycles. The standard InChI is InChI=1S/C9H11NO2/c1-7(11)12-9-4-2-8(6-10)3-5-9/h2-5H,6,10H2,1H3. The second kappa shape index (κ2) is 3.88. The fourth-order valence-corrected chi connectivity index (χ4v) is 0.860. The average molecular weight is 165 g/mol. The Hall–Kier alpha value is -1.35. The van der Waals surface area contributed by atoms with Crippen LogP contribution in [0.1, 0.15) is 12.5 Å². The highest BCUT2D eigenvalue weighted by Crippen LogP contribution is 2.11. The summed E-state index contributed by atoms with van der Waals surface area (Å²) in [6.45, 7) is 1.87. The first kappa shape index (κ1) is 8.74. The third kappa shape index (κ3) is 2.36. The molecule has 0 aliphatic heterocycles. The summed E-state index contributed by atoms with van der Waals surface area (Å²) in [6.07, 6.45) is 0. The SMILES string of the molecule is CC(=O)Oc1ccc(CN)cc1. The molecule has 3 nitrogen and oxygen atoms in total. The number of nitrogens with two attached hydrogens (primary N) is 1. The molecule has 1 aromatic carbocycles. The topological polar surface area (TPSA) is 52.3 Å². The molecule has 0 saturated heterocycles. The van der Waals surface area contributed by atoms with E-state index in [-0.39, 0.29) is 5.97 Å². The molecule has 0 spiro atoms. The van der Waals surface area contributed by atoms with Crippen LogP contribution in [0.5, 0.6) is 5.75 Å². The van der Waals surface area contributed by atoms with Gasteiger partial charge in [0.25, 0.3) is 0 Å². The van der Waals surface area contributed by atoms with Crippen molar-refractivity contribution in [2.45, 2.75) is 13.5 Å². The molecule has 0 saturated carbocycles. The van der Waals surface area contributed by atoms with E-state index in [2.05, 4.69) is 0 Å². The Morgan fingerprint density at radius 2 is 2.00 bits per heavy atom. The molecule has 0 aliphatic carbocycles. The maximum Gasteiger partial charge on any atom is 0.308 e. The Bertz CT molecular complexity index is 266. The summed E-state index contributed by atoms with van der Waals surface area (Å²) in [5.74, 6) is 0.246. The second-order valence-corrected chi connectivity index (χ2v) is 2.44. The van der Waals surface area contributed by atoms with Crippen molar-refractivity contribution in [1.29, 1.82) is 0 Å². The molecule has 1 aromatic rings. The lowest BCUT2D eigenvalue weighted by Crippen LogP contribution is -2.01. The van der Waals surface area contributed by atoms with Gasteiger partial charge in [-0.15, -0.1) is 0 Å². The van der Waals surface area contributed by atoms with Crippen molar-refractivity contribution in [1.82, 2.24) is 0 Å². The first-order valence-corrected chi connectivity index (χ1v) is 3.70. The van der Waals surface area contributed by atoms with Crippen LogP contribution in [-0.2, 0) is 11.3 Å². The first-order chi connectivity index (χ1) is 5.72. The van der Waals surface area contributed by atoms with E-state index in [1.807, 2.05) is 12.1 Å². The molecule has 0 aromatic heterocycles. The highest BCUT2D eigenvalue weighted by molar-refractivity contribution is 5.69. The van der Waals surface area contributed by atoms with Gasteiger partial charge < -0.3 is 10.5 Å². The van der Waals surface area contributed by atoms with E-state index in [1.165, 1.54) is 6.92 Å². The molecular weight excluding hydrogens is 154 g/mol. The van der Waals surface area contributed by atoms with Crippen LogP contribution in [0.15, 0.2) is 24.3 Å². The number of hydrogen-bond acceptors (Lipinski definition) is 3. The summed E-state index contributed by atoms with van der Waals surface area (Å²) in [4.78, 5) is 10.5. The normalized spacial score (nSPS) is 9.50. The molecule has 64 valence electrons. The van der Waals surface area contributed by atoms with Crippen molar-refractivity contribution >= 4 is 5.97 Å². The summed E-state index contributed by atoms with van der Waals surface area (Å²) in [7, 11) is 0. The van der Waals surface area contributed by atoms with Crippen LogP contribution in [0.2, 0.25) is 0 Å². The van der Waals surface area contributed by atoms with Crippen LogP contribution >= 0.6 is 0 Å². The van der Waals surface area contributed by atoms with Gasteiger partial charge in [-0.2, -0.15) is 0 Å². The van der Waals surface area contributed by atoms with Gasteiger partial charge in [0.15, 0.2) is 0 Å². The number of ether oxygens (including phenoxy) is 1. The quantitative estimate of drug-likeness (QED) is 0.526. The van der Waals surface area contributed by atoms with Gasteiger partial charge >= 0.3 is 5.97 Å². The Morgan fingerprint density at radius 1 is 1.42 bits per heavy atom. The van der Waals surface area contributed by atoms with Crippen molar-refractivity contribution in [2.75, 3.05) is 0 Å². The number of esters is 1. The number of hydrogen-bond donors (Lipinski definition) is 1. The van der Waals surface area contributed by atoms with E-state index in [0.717, 1.165) is 5.56 Å². The Kier molecular flexibility index (Phi) is 2.82. The highest BCUT2D eigenvalue weighted by Gasteiger charge is 1.96. The minimum atomic E-state index is -0.310. The van der Waals surface area contributed by atoms with E-state index in [9.17, 15) is 4.79 Å². The third-order valence-corrected chi connectivity index (χ3v) is 1.42. The van der Waals surface area contributed by atoms with Crippen molar-refractivity contribution in [3.05, 3.63) is 29.8 Å². The van der Waals surface area contributed by atoms with Gasteiger partial charge in [0.1, 0.15) is 5.75 Å². The number of carbonyl (C=O) groups is 1. The third-order valence-electron chi connectivity index (χ3n) is 1.42. The molecule has 0 amide bonds. The van der Waals surface area contributed by atoms with E-state index < -0.39 is 0 Å². The molecule has 0 fully saturated rings. The molecule has 2 N–H and O–H groups in total. The smallest absolute Gasteiger partial charge is 0.308 e. The Labute approximate surface area is 71.1 Å². The zero-order valence-corrected chi connectivity index (χ0v) is 6.91. The van der Waals surface area contributed by atoms with Crippen LogP contribution in [0, 0.1) is 0 Å². The lowest BCUT2D eigenvalue weighted by atomic mass is 10.2. The van der Waals surface area contributed by atoms with Crippen molar-refractivity contribution in [3.63, 3.8) is 0 Å². The fraction of sp³-hybridized carbons (Fsp3) is 0.222. The fourth-order valence-electron chi connectivity index (χ4n) is 0.860. The number of benzene rings is 1. The number of carbonyl (C=O) groups excluding carboxylic acids is 1. The van der Waals surface area contributed by atoms with Crippen LogP contribution in [0.25, 0.3) is 0 Å². The van der Waals surface area contributed by atoms with Gasteiger partial charge in [0.2, 0.25) is 0 Å². The lowest BCUT2D eigenvalue weighted by Gasteiger charge is -2.01. The Morgan fingerprint density at radius 3 is 2.42 bits per heavy atom. The first-order valence-electron chi connectivity index (χ1n) is 3.70. The van der Waals surface area contributed by atoms with Gasteiger partial charge in [-0.1, -0.05) is 12.1 Å². The monoisotopic (exact) mass is 165 g/mol. The van der Waals surface area contributed by atoms with Crippen molar-refractivity contribution in [2.24, 2.45) is 5.73 Å². The minimum absolute atomic E-state index is 0.310. The summed E-state index contributed by atoms with van der Waals surface area (Å²) in [6, 6.07) is 7.11. The van der Waals surface area contributed by atoms with Gasteiger partial charge in [0.05, 0.1) is 0 Å². The van der Waals surface area contributed by atoms with E-state index in [1.54, 1.807) is 12.1 Å². The number of rotatable bonds is 2. The molecule has 12 heavy (non-hydrogen) atoms. The summed E-state index contributed by atoms with van der Waals surface area (Å²) in [5.41, 5.74) is 6.41. The van der Waals surface area contributed by atoms with Crippen molar-refractivity contribution < 1.29 is 9.53 Å². The molecule has 1 rings (SSSR count). The molecule has 0 radical (unpaired) electrons. The predicted octanol–water partition coefficient (Wildman–Crippen LogP) is 1.07. The molecule has 0 bridgehead atoms. The van der Waals surface area contributed by atoms with Gasteiger partial charge in [0, 0.05) is 13.5 Å². The molecular formula is C9H11NO2. The minimum Gasteiger partial charge on any atom is -0.427 e. The van der Waals surface area contributed by atoms with Gasteiger partial charge in [-0.3, -0.25) is 4.79 Å². The van der Waals surface area contributed by atoms with Crippen LogP contribution < -0.4 is 10.5 Å². The van der Waals surface area contributed by atoms with Crippen LogP contribution in [0.4, 0.5) is 0 Å². The second-order valence-electron chi connectivity index (χ2n) is 2.44. The Balaban J connectivity index is 2.71. The predicted molar refractivity (Wildman–Crippen MR) is 45.6 cm³/mol. The average Bonchev–Trinajstić information content (AvgIpc) is 2.05. The van der Waals surface area contributed by atoms with E-state index in [0.29, 0.717) is 12.3 Å². The lowest BCUT2D eigenvalue weighted by molar-refractivity contribution is -0.131. The van der Waals surface area contributed by atoms with Crippen molar-refractivity contribution in [3.8, 4) is 5.75 Å². The van der Waals surface area contributed by atoms with Gasteiger partial charge in [-0.05, 0) is 17.7 Å². The van der Waals surface area contributed by atoms with Gasteiger partial charge in [-0.25, -0.2) is 0 Å². The molecule has 0 aliphatic rings. The summed E-state index contributed by atoms with van der Waals surface area (Å²) in [5, 5.41) is 0. The zero-order chi connectivity index (χ0) is 8.97. The highest BCUT2D eigenvalue weighted by atomic mass is 16.5. The molecule has 0 atom stereocenters. The summed E-state index contributed by atoms with van der Waals surface area (Å²) < 4.78 is 4.83. The maximum absolute atomic E-state index is 10.5. The van der Waals surface area contributed by atoms with Crippen LogP contribution in [-0.4, -0.2) is 5.97 Å². The van der Waals surface area contributed by atoms with Crippen LogP contribution in [0.3, 0.4) is 0 Å². The largest absolute Gasteiger partial charge is 0.427 e. The summed E-state index contributed by atoms with van der Waals surface area (Å²) >= 11 is 0. The van der Waals surface area contributed by atoms with E-state index >= 15 is 0 Å². The molecule has 3 heteroatoms.